The van der Waals surface area contributed by atoms with Crippen molar-refractivity contribution in [1.29, 1.82) is 5.26 Å². The monoisotopic (exact) mass is 443 g/mol. The van der Waals surface area contributed by atoms with Gasteiger partial charge in [-0.05, 0) is 37.6 Å². The number of nitrogens with one attached hydrogen (secondary N) is 1. The maximum absolute atomic E-state index is 11.8. The van der Waals surface area contributed by atoms with Gasteiger partial charge in [0, 0.05) is 48.7 Å². The molecular weight excluding hydrogens is 418 g/mol. The van der Waals surface area contributed by atoms with Crippen molar-refractivity contribution in [1.82, 2.24) is 14.1 Å². The molecule has 1 amide bonds. The molecule has 2 aromatic heterocycles. The molecule has 4 aromatic rings. The van der Waals surface area contributed by atoms with E-state index in [-0.39, 0.29) is 0 Å². The SMILES string of the molecule is CCOC(=O)Nc1cccc(-c2c(C#N)c3ccc(OCCCn4ccnc4)cc3n2C)c1. The Morgan fingerprint density at radius 2 is 2.12 bits per heavy atom. The summed E-state index contributed by atoms with van der Waals surface area (Å²) in [6.07, 6.45) is 5.83. The van der Waals surface area contributed by atoms with E-state index in [9.17, 15) is 10.1 Å². The van der Waals surface area contributed by atoms with Crippen molar-refractivity contribution in [3.05, 3.63) is 66.7 Å². The van der Waals surface area contributed by atoms with Crippen molar-refractivity contribution >= 4 is 22.7 Å². The van der Waals surface area contributed by atoms with Gasteiger partial charge in [0.15, 0.2) is 0 Å². The molecule has 8 heteroatoms. The Kier molecular flexibility index (Phi) is 6.60. The highest BCUT2D eigenvalue weighted by atomic mass is 16.5. The van der Waals surface area contributed by atoms with Crippen LogP contribution in [0.2, 0.25) is 0 Å². The molecule has 0 saturated heterocycles. The Bertz CT molecular complexity index is 1300. The van der Waals surface area contributed by atoms with Crippen LogP contribution >= 0.6 is 0 Å². The summed E-state index contributed by atoms with van der Waals surface area (Å²) >= 11 is 0. The number of hydrogen-bond donors (Lipinski definition) is 1. The number of ether oxygens (including phenoxy) is 2. The van der Waals surface area contributed by atoms with Crippen molar-refractivity contribution in [2.75, 3.05) is 18.5 Å². The molecule has 2 heterocycles. The van der Waals surface area contributed by atoms with Crippen LogP contribution in [0.25, 0.3) is 22.2 Å². The van der Waals surface area contributed by atoms with Gasteiger partial charge in [-0.2, -0.15) is 5.26 Å². The summed E-state index contributed by atoms with van der Waals surface area (Å²) in [5, 5.41) is 13.5. The molecule has 0 aliphatic carbocycles. The van der Waals surface area contributed by atoms with Gasteiger partial charge < -0.3 is 18.6 Å². The fourth-order valence-corrected chi connectivity index (χ4v) is 3.84. The van der Waals surface area contributed by atoms with Crippen LogP contribution in [0.5, 0.6) is 5.75 Å². The fraction of sp³-hybridized carbons (Fsp3) is 0.240. The molecule has 0 spiro atoms. The van der Waals surface area contributed by atoms with Crippen LogP contribution in [0.3, 0.4) is 0 Å². The molecular formula is C25H25N5O3. The number of aryl methyl sites for hydroxylation is 2. The summed E-state index contributed by atoms with van der Waals surface area (Å²) in [5.74, 6) is 0.752. The van der Waals surface area contributed by atoms with E-state index in [0.29, 0.717) is 24.5 Å². The summed E-state index contributed by atoms with van der Waals surface area (Å²) in [6, 6.07) is 15.5. The van der Waals surface area contributed by atoms with Gasteiger partial charge in [-0.25, -0.2) is 9.78 Å². The summed E-state index contributed by atoms with van der Waals surface area (Å²) in [6.45, 7) is 3.46. The summed E-state index contributed by atoms with van der Waals surface area (Å²) in [5.41, 5.74) is 3.67. The maximum Gasteiger partial charge on any atom is 0.411 e. The second kappa shape index (κ2) is 9.92. The Balaban J connectivity index is 1.58. The molecule has 0 fully saturated rings. The number of carbonyl (C=O) groups excluding carboxylic acids is 1. The van der Waals surface area contributed by atoms with Crippen LogP contribution in [0.15, 0.2) is 61.2 Å². The van der Waals surface area contributed by atoms with Gasteiger partial charge in [-0.15, -0.1) is 0 Å². The summed E-state index contributed by atoms with van der Waals surface area (Å²) in [7, 11) is 1.92. The Morgan fingerprint density at radius 3 is 2.88 bits per heavy atom. The average Bonchev–Trinajstić information content (AvgIpc) is 3.43. The van der Waals surface area contributed by atoms with Crippen LogP contribution in [0.1, 0.15) is 18.9 Å². The van der Waals surface area contributed by atoms with Crippen LogP contribution in [0, 0.1) is 11.3 Å². The van der Waals surface area contributed by atoms with Crippen LogP contribution in [0.4, 0.5) is 10.5 Å². The number of carbonyl (C=O) groups is 1. The number of amides is 1. The summed E-state index contributed by atoms with van der Waals surface area (Å²) < 4.78 is 14.9. The first kappa shape index (κ1) is 22.0. The number of imidazole rings is 1. The zero-order chi connectivity index (χ0) is 23.2. The van der Waals surface area contributed by atoms with Gasteiger partial charge in [0.25, 0.3) is 0 Å². The van der Waals surface area contributed by atoms with Crippen molar-refractivity contribution in [3.8, 4) is 23.1 Å². The smallest absolute Gasteiger partial charge is 0.411 e. The first-order valence-corrected chi connectivity index (χ1v) is 10.8. The largest absolute Gasteiger partial charge is 0.493 e. The molecule has 8 nitrogen and oxygen atoms in total. The lowest BCUT2D eigenvalue weighted by atomic mass is 10.1. The standard InChI is InChI=1S/C25H25N5O3/c1-3-32-25(31)28-19-7-4-6-18(14-19)24-22(16-26)21-9-8-20(15-23(21)29(24)2)33-13-5-11-30-12-10-27-17-30/h4,6-10,12,14-15,17H,3,5,11,13H2,1-2H3,(H,28,31). The molecule has 0 bridgehead atoms. The molecule has 0 atom stereocenters. The lowest BCUT2D eigenvalue weighted by Gasteiger charge is -2.10. The highest BCUT2D eigenvalue weighted by Gasteiger charge is 2.18. The third kappa shape index (κ3) is 4.83. The second-order valence-corrected chi connectivity index (χ2v) is 7.50. The number of nitrogens with zero attached hydrogens (tertiary/aromatic N) is 4. The first-order chi connectivity index (χ1) is 16.1. The molecule has 0 aliphatic heterocycles. The predicted molar refractivity (Wildman–Crippen MR) is 126 cm³/mol. The number of hydrogen-bond acceptors (Lipinski definition) is 5. The van der Waals surface area contributed by atoms with Crippen molar-refractivity contribution in [3.63, 3.8) is 0 Å². The molecule has 0 unspecified atom stereocenters. The number of aromatic nitrogens is 3. The van der Waals surface area contributed by atoms with Gasteiger partial charge in [0.05, 0.1) is 36.3 Å². The van der Waals surface area contributed by atoms with E-state index in [2.05, 4.69) is 16.4 Å². The molecule has 33 heavy (non-hydrogen) atoms. The Labute approximate surface area is 192 Å². The third-order valence-corrected chi connectivity index (χ3v) is 5.33. The lowest BCUT2D eigenvalue weighted by Crippen LogP contribution is -2.13. The van der Waals surface area contributed by atoms with Crippen LogP contribution in [-0.2, 0) is 18.3 Å². The van der Waals surface area contributed by atoms with Crippen LogP contribution in [-0.4, -0.2) is 33.4 Å². The third-order valence-electron chi connectivity index (χ3n) is 5.33. The zero-order valence-corrected chi connectivity index (χ0v) is 18.6. The minimum Gasteiger partial charge on any atom is -0.493 e. The number of fused-ring (bicyclic) bond motifs is 1. The molecule has 1 N–H and O–H groups in total. The molecule has 0 radical (unpaired) electrons. The maximum atomic E-state index is 11.8. The number of benzene rings is 2. The van der Waals surface area contributed by atoms with Crippen molar-refractivity contribution in [2.24, 2.45) is 7.05 Å². The zero-order valence-electron chi connectivity index (χ0n) is 18.6. The molecule has 4 rings (SSSR count). The normalized spacial score (nSPS) is 10.7. The number of anilines is 1. The highest BCUT2D eigenvalue weighted by molar-refractivity contribution is 5.96. The predicted octanol–water partition coefficient (Wildman–Crippen LogP) is 4.95. The molecule has 168 valence electrons. The molecule has 2 aromatic carbocycles. The topological polar surface area (TPSA) is 94.1 Å². The second-order valence-electron chi connectivity index (χ2n) is 7.50. The van der Waals surface area contributed by atoms with Crippen molar-refractivity contribution < 1.29 is 14.3 Å². The van der Waals surface area contributed by atoms with E-state index in [1.165, 1.54) is 0 Å². The van der Waals surface area contributed by atoms with E-state index < -0.39 is 6.09 Å². The van der Waals surface area contributed by atoms with E-state index >= 15 is 0 Å². The fourth-order valence-electron chi connectivity index (χ4n) is 3.84. The Morgan fingerprint density at radius 1 is 1.24 bits per heavy atom. The quantitative estimate of drug-likeness (QED) is 0.389. The van der Waals surface area contributed by atoms with Crippen molar-refractivity contribution in [2.45, 2.75) is 19.9 Å². The lowest BCUT2D eigenvalue weighted by molar-refractivity contribution is 0.168. The number of rotatable bonds is 8. The van der Waals surface area contributed by atoms with Gasteiger partial charge in [0.1, 0.15) is 11.8 Å². The summed E-state index contributed by atoms with van der Waals surface area (Å²) in [4.78, 5) is 15.8. The highest BCUT2D eigenvalue weighted by Crippen LogP contribution is 2.35. The van der Waals surface area contributed by atoms with Gasteiger partial charge in [-0.1, -0.05) is 12.1 Å². The van der Waals surface area contributed by atoms with E-state index in [0.717, 1.165) is 40.9 Å². The number of nitriles is 1. The van der Waals surface area contributed by atoms with Gasteiger partial charge >= 0.3 is 6.09 Å². The first-order valence-electron chi connectivity index (χ1n) is 10.8. The van der Waals surface area contributed by atoms with E-state index in [1.807, 2.05) is 58.8 Å². The average molecular weight is 444 g/mol. The Hall–Kier alpha value is -4.25. The molecule has 0 saturated carbocycles. The minimum atomic E-state index is -0.512. The van der Waals surface area contributed by atoms with Gasteiger partial charge in [0.2, 0.25) is 0 Å². The van der Waals surface area contributed by atoms with Crippen LogP contribution < -0.4 is 10.1 Å². The van der Waals surface area contributed by atoms with Gasteiger partial charge in [-0.3, -0.25) is 5.32 Å². The van der Waals surface area contributed by atoms with E-state index in [1.54, 1.807) is 25.5 Å². The minimum absolute atomic E-state index is 0.293. The molecule has 0 aliphatic rings. The van der Waals surface area contributed by atoms with E-state index in [4.69, 9.17) is 9.47 Å².